The van der Waals surface area contributed by atoms with Crippen molar-refractivity contribution in [2.24, 2.45) is 16.0 Å². The number of fused-ring (bicyclic) bond motifs is 1. The summed E-state index contributed by atoms with van der Waals surface area (Å²) in [5, 5.41) is 9.51. The van der Waals surface area contributed by atoms with Crippen LogP contribution in [0.4, 0.5) is 13.2 Å². The van der Waals surface area contributed by atoms with Gasteiger partial charge in [0.2, 0.25) is 0 Å². The first-order chi connectivity index (χ1) is 16.1. The van der Waals surface area contributed by atoms with Crippen LogP contribution in [-0.2, 0) is 0 Å². The summed E-state index contributed by atoms with van der Waals surface area (Å²) >= 11 is 0. The van der Waals surface area contributed by atoms with Crippen molar-refractivity contribution < 1.29 is 18.0 Å². The summed E-state index contributed by atoms with van der Waals surface area (Å²) < 4.78 is 38.1. The van der Waals surface area contributed by atoms with Crippen LogP contribution in [-0.4, -0.2) is 41.1 Å². The fourth-order valence-electron chi connectivity index (χ4n) is 4.05. The number of benzene rings is 1. The van der Waals surface area contributed by atoms with Gasteiger partial charge in [-0.05, 0) is 55.9 Å². The summed E-state index contributed by atoms with van der Waals surface area (Å²) in [7, 11) is 0. The molecule has 34 heavy (non-hydrogen) atoms. The first-order valence-electron chi connectivity index (χ1n) is 11.6. The van der Waals surface area contributed by atoms with E-state index in [-0.39, 0.29) is 24.4 Å². The van der Waals surface area contributed by atoms with Gasteiger partial charge in [-0.25, -0.2) is 5.01 Å². The van der Waals surface area contributed by atoms with Crippen molar-refractivity contribution in [2.45, 2.75) is 58.2 Å². The van der Waals surface area contributed by atoms with E-state index in [2.05, 4.69) is 29.9 Å². The van der Waals surface area contributed by atoms with Gasteiger partial charge < -0.3 is 5.32 Å². The maximum Gasteiger partial charge on any atom is 0.390 e. The van der Waals surface area contributed by atoms with Crippen molar-refractivity contribution in [3.05, 3.63) is 65.4 Å². The first-order valence-corrected chi connectivity index (χ1v) is 11.6. The summed E-state index contributed by atoms with van der Waals surface area (Å²) in [5.74, 6) is 0.115. The predicted molar refractivity (Wildman–Crippen MR) is 129 cm³/mol. The van der Waals surface area contributed by atoms with Gasteiger partial charge in [0.05, 0.1) is 29.2 Å². The summed E-state index contributed by atoms with van der Waals surface area (Å²) in [4.78, 5) is 16.9. The van der Waals surface area contributed by atoms with Crippen molar-refractivity contribution in [1.82, 2.24) is 10.3 Å². The zero-order valence-corrected chi connectivity index (χ0v) is 19.5. The third-order valence-corrected chi connectivity index (χ3v) is 6.07. The average Bonchev–Trinajstić information content (AvgIpc) is 3.60. The number of amides is 1. The quantitative estimate of drug-likeness (QED) is 0.572. The van der Waals surface area contributed by atoms with Crippen LogP contribution in [0.3, 0.4) is 0 Å². The van der Waals surface area contributed by atoms with Gasteiger partial charge in [0, 0.05) is 30.1 Å². The predicted octanol–water partition coefficient (Wildman–Crippen LogP) is 5.79. The van der Waals surface area contributed by atoms with Gasteiger partial charge in [-0.1, -0.05) is 31.7 Å². The standard InChI is InChI=1S/C26H29F3N4O/c1-4-19-15-22(30-12-11-26(27,28)29)23-10-5-16(2)13-24(33(23)32-19)18-6-9-21(17(3)14-18)25(34)31-20-7-8-20/h4,6,9-10,13-14,16,20H,1,5,7-8,11-12,15H2,2-3H3,(H,31,34). The number of aliphatic imine (C=N–C) groups is 1. The van der Waals surface area contributed by atoms with Gasteiger partial charge in [-0.2, -0.15) is 18.3 Å². The molecule has 1 aromatic rings. The SMILES string of the molecule is C=CC1=NN2C(=CCC(C)C=C2c2ccc(C(=O)NC3CC3)c(C)c2)C(=NCCC(F)(F)F)C1. The number of alkyl halides is 3. The molecule has 1 aliphatic carbocycles. The Bertz CT molecular complexity index is 1110. The average molecular weight is 471 g/mol. The Hall–Kier alpha value is -3.16. The van der Waals surface area contributed by atoms with Crippen LogP contribution in [0.5, 0.6) is 0 Å². The van der Waals surface area contributed by atoms with Gasteiger partial charge >= 0.3 is 6.18 Å². The van der Waals surface area contributed by atoms with E-state index in [0.29, 0.717) is 35.5 Å². The van der Waals surface area contributed by atoms with Crippen LogP contribution in [0.1, 0.15) is 60.5 Å². The van der Waals surface area contributed by atoms with Crippen LogP contribution >= 0.6 is 0 Å². The highest BCUT2D eigenvalue weighted by Crippen LogP contribution is 2.35. The van der Waals surface area contributed by atoms with Crippen molar-refractivity contribution in [3.8, 4) is 0 Å². The topological polar surface area (TPSA) is 57.1 Å². The van der Waals surface area contributed by atoms with E-state index in [4.69, 9.17) is 5.10 Å². The number of hydrogen-bond acceptors (Lipinski definition) is 4. The third kappa shape index (κ3) is 5.66. The Labute approximate surface area is 197 Å². The van der Waals surface area contributed by atoms with E-state index in [1.165, 1.54) is 0 Å². The third-order valence-electron chi connectivity index (χ3n) is 6.07. The lowest BCUT2D eigenvalue weighted by molar-refractivity contribution is -0.132. The fraction of sp³-hybridized carbons (Fsp3) is 0.423. The first kappa shape index (κ1) is 24.0. The Morgan fingerprint density at radius 2 is 2.09 bits per heavy atom. The number of aryl methyl sites for hydroxylation is 1. The molecule has 0 bridgehead atoms. The van der Waals surface area contributed by atoms with Gasteiger partial charge in [0.25, 0.3) is 5.91 Å². The monoisotopic (exact) mass is 470 g/mol. The Balaban J connectivity index is 1.68. The molecule has 2 heterocycles. The number of allylic oxidation sites excluding steroid dienone is 4. The second-order valence-corrected chi connectivity index (χ2v) is 9.11. The number of hydrazone groups is 1. The molecule has 1 aromatic carbocycles. The molecule has 1 unspecified atom stereocenters. The summed E-state index contributed by atoms with van der Waals surface area (Å²) in [6, 6.07) is 5.96. The van der Waals surface area contributed by atoms with E-state index < -0.39 is 12.6 Å². The van der Waals surface area contributed by atoms with Crippen LogP contribution in [0.25, 0.3) is 5.70 Å². The molecule has 180 valence electrons. The smallest absolute Gasteiger partial charge is 0.349 e. The highest BCUT2D eigenvalue weighted by Gasteiger charge is 2.30. The fourth-order valence-corrected chi connectivity index (χ4v) is 4.05. The highest BCUT2D eigenvalue weighted by atomic mass is 19.4. The molecular weight excluding hydrogens is 441 g/mol. The lowest BCUT2D eigenvalue weighted by Gasteiger charge is -2.30. The second kappa shape index (κ2) is 9.60. The molecule has 0 saturated heterocycles. The molecule has 1 amide bonds. The van der Waals surface area contributed by atoms with Gasteiger partial charge in [0.15, 0.2) is 0 Å². The summed E-state index contributed by atoms with van der Waals surface area (Å²) in [6.45, 7) is 7.47. The molecule has 1 atom stereocenters. The molecule has 8 heteroatoms. The molecule has 1 fully saturated rings. The number of halogens is 3. The molecule has 1 saturated carbocycles. The van der Waals surface area contributed by atoms with E-state index in [0.717, 1.165) is 29.7 Å². The molecule has 0 aromatic heterocycles. The minimum absolute atomic E-state index is 0.0700. The van der Waals surface area contributed by atoms with Crippen molar-refractivity contribution in [2.75, 3.05) is 6.54 Å². The number of carbonyl (C=O) groups excluding carboxylic acids is 1. The van der Waals surface area contributed by atoms with E-state index in [1.807, 2.05) is 31.2 Å². The lowest BCUT2D eigenvalue weighted by Crippen LogP contribution is -2.30. The van der Waals surface area contributed by atoms with Crippen LogP contribution in [0.15, 0.2) is 58.8 Å². The zero-order chi connectivity index (χ0) is 24.5. The van der Waals surface area contributed by atoms with E-state index in [9.17, 15) is 18.0 Å². The molecular formula is C26H29F3N4O. The van der Waals surface area contributed by atoms with E-state index in [1.54, 1.807) is 11.1 Å². The Morgan fingerprint density at radius 3 is 2.74 bits per heavy atom. The molecule has 1 N–H and O–H groups in total. The second-order valence-electron chi connectivity index (χ2n) is 9.11. The van der Waals surface area contributed by atoms with Crippen molar-refractivity contribution in [1.29, 1.82) is 0 Å². The van der Waals surface area contributed by atoms with E-state index >= 15 is 0 Å². The molecule has 0 radical (unpaired) electrons. The molecule has 5 nitrogen and oxygen atoms in total. The minimum Gasteiger partial charge on any atom is -0.349 e. The summed E-state index contributed by atoms with van der Waals surface area (Å²) in [5.41, 5.74) is 5.10. The zero-order valence-electron chi connectivity index (χ0n) is 19.5. The molecule has 3 aliphatic rings. The number of rotatable bonds is 6. The van der Waals surface area contributed by atoms with Crippen LogP contribution < -0.4 is 5.32 Å². The van der Waals surface area contributed by atoms with Gasteiger partial charge in [0.1, 0.15) is 0 Å². The summed E-state index contributed by atoms with van der Waals surface area (Å²) in [6.07, 6.45) is 3.59. The van der Waals surface area contributed by atoms with Crippen molar-refractivity contribution in [3.63, 3.8) is 0 Å². The normalized spacial score (nSPS) is 21.8. The number of hydrogen-bond donors (Lipinski definition) is 1. The highest BCUT2D eigenvalue weighted by molar-refractivity contribution is 6.17. The maximum absolute atomic E-state index is 12.7. The maximum atomic E-state index is 12.7. The number of nitrogens with one attached hydrogen (secondary N) is 1. The number of nitrogens with zero attached hydrogens (tertiary/aromatic N) is 3. The minimum atomic E-state index is -4.25. The largest absolute Gasteiger partial charge is 0.390 e. The molecule has 0 spiro atoms. The molecule has 2 aliphatic heterocycles. The molecule has 4 rings (SSSR count). The van der Waals surface area contributed by atoms with Crippen molar-refractivity contribution >= 4 is 23.0 Å². The van der Waals surface area contributed by atoms with Gasteiger partial charge in [-0.3, -0.25) is 9.79 Å². The Kier molecular flexibility index (Phi) is 6.77. The van der Waals surface area contributed by atoms with Crippen LogP contribution in [0, 0.1) is 12.8 Å². The Morgan fingerprint density at radius 1 is 1.32 bits per heavy atom. The van der Waals surface area contributed by atoms with Gasteiger partial charge in [-0.15, -0.1) is 0 Å². The number of carbonyl (C=O) groups is 1. The van der Waals surface area contributed by atoms with Crippen LogP contribution in [0.2, 0.25) is 0 Å². The lowest BCUT2D eigenvalue weighted by atomic mass is 9.99.